The molecule has 1 N–H and O–H groups in total. The van der Waals surface area contributed by atoms with Crippen LogP contribution in [-0.4, -0.2) is 58.8 Å². The second-order valence-electron chi connectivity index (χ2n) is 12.0. The van der Waals surface area contributed by atoms with E-state index in [0.29, 0.717) is 24.3 Å². The van der Waals surface area contributed by atoms with Crippen LogP contribution >= 0.6 is 12.4 Å². The number of fused-ring (bicyclic) bond motifs is 2. The van der Waals surface area contributed by atoms with E-state index >= 15 is 0 Å². The molecule has 0 aliphatic carbocycles. The summed E-state index contributed by atoms with van der Waals surface area (Å²) in [6, 6.07) is 5.26. The molecule has 0 saturated heterocycles. The summed E-state index contributed by atoms with van der Waals surface area (Å²) in [5.74, 6) is -0.772. The Labute approximate surface area is 270 Å². The van der Waals surface area contributed by atoms with E-state index in [9.17, 15) is 22.8 Å². The highest BCUT2D eigenvalue weighted by atomic mass is 35.5. The molecule has 0 fully saturated rings. The van der Waals surface area contributed by atoms with Crippen LogP contribution < -0.4 is 10.1 Å². The first-order valence-electron chi connectivity index (χ1n) is 16.3. The van der Waals surface area contributed by atoms with E-state index in [1.165, 1.54) is 38.5 Å². The van der Waals surface area contributed by atoms with Crippen LogP contribution in [0.5, 0.6) is 5.75 Å². The molecule has 1 aromatic heterocycles. The maximum absolute atomic E-state index is 13.5. The Kier molecular flexibility index (Phi) is 14.8. The molecule has 45 heavy (non-hydrogen) atoms. The standard InChI is InChI=1S/C33H47F3N4O4.ClH/c1-2-3-4-5-6-7-8-9-10-17-44-30(41)21-26-19-25-12-13-29(20-27(25)22-40(31(26)42)24-33(34,35)36)43-18-14-28-23-39-16-11-15-37-32(39)38-28;/h12-13,20,23,26H,2-11,14-19,21-22,24H2,1H3,(H,37,38);1H/t26-;/m0./s1. The molecule has 2 aliphatic rings. The van der Waals surface area contributed by atoms with E-state index in [4.69, 9.17) is 9.47 Å². The number of unbranched alkanes of at least 4 members (excludes halogenated alkanes) is 8. The number of nitrogens with zero attached hydrogens (tertiary/aromatic N) is 3. The van der Waals surface area contributed by atoms with Gasteiger partial charge in [0, 0.05) is 32.3 Å². The number of aromatic nitrogens is 2. The number of nitrogens with one attached hydrogen (secondary N) is 1. The predicted molar refractivity (Wildman–Crippen MR) is 170 cm³/mol. The molecule has 2 aromatic rings. The average molecular weight is 657 g/mol. The van der Waals surface area contributed by atoms with Gasteiger partial charge in [-0.15, -0.1) is 12.4 Å². The Bertz CT molecular complexity index is 1200. The van der Waals surface area contributed by atoms with Crippen molar-refractivity contribution in [2.75, 3.05) is 31.6 Å². The van der Waals surface area contributed by atoms with Gasteiger partial charge in [0.1, 0.15) is 12.3 Å². The summed E-state index contributed by atoms with van der Waals surface area (Å²) >= 11 is 0. The van der Waals surface area contributed by atoms with E-state index < -0.39 is 30.5 Å². The van der Waals surface area contributed by atoms with Gasteiger partial charge in [-0.25, -0.2) is 4.98 Å². The molecular weight excluding hydrogens is 609 g/mol. The molecule has 252 valence electrons. The topological polar surface area (TPSA) is 85.7 Å². The van der Waals surface area contributed by atoms with E-state index in [0.717, 1.165) is 60.9 Å². The van der Waals surface area contributed by atoms with E-state index in [2.05, 4.69) is 21.8 Å². The number of rotatable bonds is 17. The number of esters is 1. The third-order valence-corrected chi connectivity index (χ3v) is 8.27. The normalized spacial score (nSPS) is 16.2. The maximum atomic E-state index is 13.5. The predicted octanol–water partition coefficient (Wildman–Crippen LogP) is 7.27. The summed E-state index contributed by atoms with van der Waals surface area (Å²) in [7, 11) is 0. The molecular formula is C33H48ClF3N4O4. The van der Waals surface area contributed by atoms with Gasteiger partial charge < -0.3 is 24.3 Å². The number of amides is 1. The molecule has 12 heteroatoms. The molecule has 3 heterocycles. The van der Waals surface area contributed by atoms with Crippen molar-refractivity contribution in [3.05, 3.63) is 41.2 Å². The molecule has 8 nitrogen and oxygen atoms in total. The van der Waals surface area contributed by atoms with E-state index in [-0.39, 0.29) is 38.4 Å². The Morgan fingerprint density at radius 1 is 1.04 bits per heavy atom. The minimum atomic E-state index is -4.56. The first-order valence-corrected chi connectivity index (χ1v) is 16.3. The zero-order valence-corrected chi connectivity index (χ0v) is 27.2. The van der Waals surface area contributed by atoms with E-state index in [1.807, 2.05) is 6.20 Å². The van der Waals surface area contributed by atoms with Crippen molar-refractivity contribution in [3.63, 3.8) is 0 Å². The molecule has 0 bridgehead atoms. The van der Waals surface area contributed by atoms with Gasteiger partial charge in [-0.3, -0.25) is 9.59 Å². The lowest BCUT2D eigenvalue weighted by Gasteiger charge is -2.25. The second-order valence-corrected chi connectivity index (χ2v) is 12.0. The first-order chi connectivity index (χ1) is 21.2. The summed E-state index contributed by atoms with van der Waals surface area (Å²) in [5, 5.41) is 3.27. The number of aryl methyl sites for hydroxylation is 1. The van der Waals surface area contributed by atoms with Crippen molar-refractivity contribution in [1.82, 2.24) is 14.5 Å². The Hall–Kier alpha value is -2.95. The van der Waals surface area contributed by atoms with Gasteiger partial charge in [-0.05, 0) is 42.5 Å². The number of carbonyl (C=O) groups is 2. The van der Waals surface area contributed by atoms with Crippen LogP contribution in [0.4, 0.5) is 19.1 Å². The molecule has 0 spiro atoms. The van der Waals surface area contributed by atoms with Crippen LogP contribution in [0.15, 0.2) is 24.4 Å². The number of anilines is 1. The zero-order valence-electron chi connectivity index (χ0n) is 26.3. The van der Waals surface area contributed by atoms with Crippen LogP contribution in [0.3, 0.4) is 0 Å². The fourth-order valence-electron chi connectivity index (χ4n) is 5.93. The van der Waals surface area contributed by atoms with Gasteiger partial charge in [0.2, 0.25) is 11.9 Å². The first kappa shape index (κ1) is 36.5. The number of benzene rings is 1. The fraction of sp³-hybridized carbons (Fsp3) is 0.667. The molecule has 1 aromatic carbocycles. The Morgan fingerprint density at radius 3 is 2.49 bits per heavy atom. The van der Waals surface area contributed by atoms with Crippen molar-refractivity contribution >= 4 is 30.2 Å². The lowest BCUT2D eigenvalue weighted by molar-refractivity contribution is -0.165. The molecule has 0 unspecified atom stereocenters. The quantitative estimate of drug-likeness (QED) is 0.142. The van der Waals surface area contributed by atoms with Gasteiger partial charge in [-0.1, -0.05) is 64.4 Å². The van der Waals surface area contributed by atoms with Gasteiger partial charge in [0.15, 0.2) is 0 Å². The van der Waals surface area contributed by atoms with Crippen molar-refractivity contribution < 1.29 is 32.2 Å². The van der Waals surface area contributed by atoms with E-state index in [1.54, 1.807) is 18.2 Å². The lowest BCUT2D eigenvalue weighted by Crippen LogP contribution is -2.41. The summed E-state index contributed by atoms with van der Waals surface area (Å²) < 4.78 is 53.8. The molecule has 4 rings (SSSR count). The molecule has 1 atom stereocenters. The lowest BCUT2D eigenvalue weighted by atomic mass is 9.94. The van der Waals surface area contributed by atoms with Crippen molar-refractivity contribution in [3.8, 4) is 5.75 Å². The van der Waals surface area contributed by atoms with Crippen molar-refractivity contribution in [2.45, 2.75) is 110 Å². The fourth-order valence-corrected chi connectivity index (χ4v) is 5.93. The SMILES string of the molecule is CCCCCCCCCCCOC(=O)C[C@@H]1Cc2ccc(OCCc3cn4c(n3)NCCC4)cc2CN(CC(F)(F)F)C1=O.Cl. The van der Waals surface area contributed by atoms with Crippen LogP contribution in [0.25, 0.3) is 0 Å². The van der Waals surface area contributed by atoms with Gasteiger partial charge in [-0.2, -0.15) is 13.2 Å². The molecule has 1 amide bonds. The van der Waals surface area contributed by atoms with Crippen LogP contribution in [-0.2, 0) is 40.3 Å². The van der Waals surface area contributed by atoms with Gasteiger partial charge in [0.05, 0.1) is 31.2 Å². The monoisotopic (exact) mass is 656 g/mol. The summed E-state index contributed by atoms with van der Waals surface area (Å²) in [4.78, 5) is 31.2. The average Bonchev–Trinajstić information content (AvgIpc) is 3.35. The highest BCUT2D eigenvalue weighted by Crippen LogP contribution is 2.30. The molecule has 0 radical (unpaired) electrons. The summed E-state index contributed by atoms with van der Waals surface area (Å²) in [6.45, 7) is 3.06. The third-order valence-electron chi connectivity index (χ3n) is 8.27. The third kappa shape index (κ3) is 12.1. The highest BCUT2D eigenvalue weighted by Gasteiger charge is 2.38. The van der Waals surface area contributed by atoms with Crippen LogP contribution in [0.1, 0.15) is 94.4 Å². The highest BCUT2D eigenvalue weighted by molar-refractivity contribution is 5.85. The minimum Gasteiger partial charge on any atom is -0.493 e. The van der Waals surface area contributed by atoms with Crippen molar-refractivity contribution in [1.29, 1.82) is 0 Å². The van der Waals surface area contributed by atoms with Crippen LogP contribution in [0.2, 0.25) is 0 Å². The van der Waals surface area contributed by atoms with Gasteiger partial charge >= 0.3 is 12.1 Å². The number of halogens is 4. The maximum Gasteiger partial charge on any atom is 0.406 e. The second kappa shape index (κ2) is 18.3. The number of alkyl halides is 3. The number of imidazole rings is 1. The summed E-state index contributed by atoms with van der Waals surface area (Å²) in [5.41, 5.74) is 2.23. The molecule has 0 saturated carbocycles. The van der Waals surface area contributed by atoms with Crippen molar-refractivity contribution in [2.24, 2.45) is 5.92 Å². The molecule has 2 aliphatic heterocycles. The van der Waals surface area contributed by atoms with Gasteiger partial charge in [0.25, 0.3) is 0 Å². The smallest absolute Gasteiger partial charge is 0.406 e. The summed E-state index contributed by atoms with van der Waals surface area (Å²) in [6.07, 6.45) is 9.22. The number of hydrogen-bond acceptors (Lipinski definition) is 6. The number of carbonyl (C=O) groups excluding carboxylic acids is 2. The Balaban J connectivity index is 0.00000552. The van der Waals surface area contributed by atoms with Crippen LogP contribution in [0, 0.1) is 5.92 Å². The largest absolute Gasteiger partial charge is 0.493 e. The zero-order chi connectivity index (χ0) is 31.4. The minimum absolute atomic E-state index is 0. The number of hydrogen-bond donors (Lipinski definition) is 1. The Morgan fingerprint density at radius 2 is 1.78 bits per heavy atom. The number of ether oxygens (including phenoxy) is 2.